The Labute approximate surface area is 125 Å². The minimum atomic E-state index is -0.295. The van der Waals surface area contributed by atoms with Gasteiger partial charge in [0, 0.05) is 18.1 Å². The Hall–Kier alpha value is -1.65. The Morgan fingerprint density at radius 1 is 1.25 bits per heavy atom. The van der Waals surface area contributed by atoms with Crippen molar-refractivity contribution in [3.8, 4) is 0 Å². The van der Waals surface area contributed by atoms with Gasteiger partial charge in [0.15, 0.2) is 5.65 Å². The monoisotopic (exact) mass is 309 g/mol. The van der Waals surface area contributed by atoms with E-state index in [-0.39, 0.29) is 17.4 Å². The zero-order valence-corrected chi connectivity index (χ0v) is 12.1. The van der Waals surface area contributed by atoms with Gasteiger partial charge in [-0.25, -0.2) is 13.9 Å². The molecular formula is C14H10Cl2FN3. The van der Waals surface area contributed by atoms with Crippen LogP contribution < -0.4 is 0 Å². The van der Waals surface area contributed by atoms with Gasteiger partial charge in [-0.1, -0.05) is 41.4 Å². The van der Waals surface area contributed by atoms with Crippen molar-refractivity contribution in [2.75, 3.05) is 0 Å². The summed E-state index contributed by atoms with van der Waals surface area (Å²) in [6.45, 7) is 1.84. The third kappa shape index (κ3) is 2.25. The molecule has 0 radical (unpaired) electrons. The van der Waals surface area contributed by atoms with Crippen molar-refractivity contribution in [2.24, 2.45) is 0 Å². The van der Waals surface area contributed by atoms with E-state index in [9.17, 15) is 4.39 Å². The van der Waals surface area contributed by atoms with Gasteiger partial charge in [0.05, 0.1) is 5.69 Å². The molecule has 0 fully saturated rings. The second-order valence-electron chi connectivity index (χ2n) is 4.50. The van der Waals surface area contributed by atoms with Crippen LogP contribution in [0.5, 0.6) is 0 Å². The van der Waals surface area contributed by atoms with Crippen LogP contribution in [0.1, 0.15) is 16.8 Å². The van der Waals surface area contributed by atoms with Gasteiger partial charge in [0.1, 0.15) is 16.1 Å². The predicted octanol–water partition coefficient (Wildman–Crippen LogP) is 4.07. The second kappa shape index (κ2) is 5.04. The lowest BCUT2D eigenvalue weighted by Gasteiger charge is -2.08. The molecule has 0 aliphatic heterocycles. The third-order valence-electron chi connectivity index (χ3n) is 3.03. The summed E-state index contributed by atoms with van der Waals surface area (Å²) in [5.41, 5.74) is 2.45. The van der Waals surface area contributed by atoms with Crippen molar-refractivity contribution in [2.45, 2.75) is 13.3 Å². The number of benzene rings is 1. The van der Waals surface area contributed by atoms with Crippen molar-refractivity contribution < 1.29 is 4.39 Å². The summed E-state index contributed by atoms with van der Waals surface area (Å²) >= 11 is 12.5. The molecule has 0 unspecified atom stereocenters. The molecule has 0 spiro atoms. The normalized spacial score (nSPS) is 11.2. The largest absolute Gasteiger partial charge is 0.216 e. The highest BCUT2D eigenvalue weighted by atomic mass is 35.5. The number of hydrogen-bond acceptors (Lipinski definition) is 2. The number of fused-ring (bicyclic) bond motifs is 1. The van der Waals surface area contributed by atoms with Crippen LogP contribution in [0.25, 0.3) is 5.65 Å². The average molecular weight is 310 g/mol. The highest BCUT2D eigenvalue weighted by Gasteiger charge is 2.15. The molecule has 0 saturated heterocycles. The fourth-order valence-electron chi connectivity index (χ4n) is 2.07. The van der Waals surface area contributed by atoms with Gasteiger partial charge >= 0.3 is 0 Å². The number of halogens is 3. The smallest absolute Gasteiger partial charge is 0.158 e. The van der Waals surface area contributed by atoms with Gasteiger partial charge < -0.3 is 0 Å². The van der Waals surface area contributed by atoms with E-state index in [1.807, 2.05) is 6.92 Å². The highest BCUT2D eigenvalue weighted by molar-refractivity contribution is 6.34. The fourth-order valence-corrected chi connectivity index (χ4v) is 2.64. The summed E-state index contributed by atoms with van der Waals surface area (Å²) in [7, 11) is 0. The standard InChI is InChI=1S/C14H10Cl2FN3/c1-8-6-12-18-13(15)10(14(16)20(12)19-8)7-9-4-2-3-5-11(9)17/h2-6H,7H2,1H3. The van der Waals surface area contributed by atoms with E-state index in [1.165, 1.54) is 10.6 Å². The number of aryl methyl sites for hydroxylation is 1. The maximum Gasteiger partial charge on any atom is 0.158 e. The summed E-state index contributed by atoms with van der Waals surface area (Å²) in [5, 5.41) is 4.88. The SMILES string of the molecule is Cc1cc2nc(Cl)c(Cc3ccccc3F)c(Cl)n2n1. The van der Waals surface area contributed by atoms with Gasteiger partial charge in [-0.2, -0.15) is 5.10 Å². The minimum absolute atomic E-state index is 0.269. The molecule has 3 aromatic rings. The summed E-state index contributed by atoms with van der Waals surface area (Å²) in [5.74, 6) is -0.295. The maximum absolute atomic E-state index is 13.7. The number of rotatable bonds is 2. The molecule has 20 heavy (non-hydrogen) atoms. The Kier molecular flexibility index (Phi) is 3.36. The molecule has 0 N–H and O–H groups in total. The van der Waals surface area contributed by atoms with Crippen LogP contribution in [-0.2, 0) is 6.42 Å². The molecule has 2 aromatic heterocycles. The summed E-state index contributed by atoms with van der Waals surface area (Å²) < 4.78 is 15.2. The minimum Gasteiger partial charge on any atom is -0.216 e. The first-order valence-electron chi connectivity index (χ1n) is 6.00. The fraction of sp³-hybridized carbons (Fsp3) is 0.143. The zero-order chi connectivity index (χ0) is 14.3. The quantitative estimate of drug-likeness (QED) is 0.668. The Morgan fingerprint density at radius 3 is 2.75 bits per heavy atom. The molecule has 102 valence electrons. The molecule has 0 bridgehead atoms. The molecule has 0 aliphatic rings. The van der Waals surface area contributed by atoms with Crippen molar-refractivity contribution >= 4 is 28.8 Å². The first-order valence-corrected chi connectivity index (χ1v) is 6.75. The van der Waals surface area contributed by atoms with E-state index in [0.717, 1.165) is 5.69 Å². The predicted molar refractivity (Wildman–Crippen MR) is 77.0 cm³/mol. The first kappa shape index (κ1) is 13.3. The molecular weight excluding hydrogens is 300 g/mol. The Bertz CT molecular complexity index is 798. The highest BCUT2D eigenvalue weighted by Crippen LogP contribution is 2.27. The zero-order valence-electron chi connectivity index (χ0n) is 10.6. The number of aromatic nitrogens is 3. The molecule has 0 atom stereocenters. The van der Waals surface area contributed by atoms with E-state index in [2.05, 4.69) is 10.1 Å². The molecule has 2 heterocycles. The molecule has 6 heteroatoms. The molecule has 0 saturated carbocycles. The Balaban J connectivity index is 2.14. The van der Waals surface area contributed by atoms with Gasteiger partial charge in [-0.15, -0.1) is 0 Å². The van der Waals surface area contributed by atoms with Gasteiger partial charge in [-0.3, -0.25) is 0 Å². The molecule has 3 rings (SSSR count). The van der Waals surface area contributed by atoms with Crippen LogP contribution in [0.2, 0.25) is 10.3 Å². The van der Waals surface area contributed by atoms with E-state index in [0.29, 0.717) is 21.9 Å². The van der Waals surface area contributed by atoms with Gasteiger partial charge in [0.2, 0.25) is 0 Å². The van der Waals surface area contributed by atoms with Crippen LogP contribution in [0.4, 0.5) is 4.39 Å². The average Bonchev–Trinajstić information content (AvgIpc) is 2.77. The van der Waals surface area contributed by atoms with E-state index < -0.39 is 0 Å². The van der Waals surface area contributed by atoms with Crippen LogP contribution in [0.3, 0.4) is 0 Å². The molecule has 1 aromatic carbocycles. The van der Waals surface area contributed by atoms with E-state index >= 15 is 0 Å². The van der Waals surface area contributed by atoms with Crippen molar-refractivity contribution in [3.05, 3.63) is 63.3 Å². The van der Waals surface area contributed by atoms with Crippen molar-refractivity contribution in [1.82, 2.24) is 14.6 Å². The molecule has 0 amide bonds. The maximum atomic E-state index is 13.7. The lowest BCUT2D eigenvalue weighted by Crippen LogP contribution is -2.02. The van der Waals surface area contributed by atoms with Gasteiger partial charge in [0.25, 0.3) is 0 Å². The van der Waals surface area contributed by atoms with E-state index in [4.69, 9.17) is 23.2 Å². The lowest BCUT2D eigenvalue weighted by molar-refractivity contribution is 0.613. The molecule has 3 nitrogen and oxygen atoms in total. The van der Waals surface area contributed by atoms with Gasteiger partial charge in [-0.05, 0) is 18.6 Å². The van der Waals surface area contributed by atoms with Crippen LogP contribution in [0.15, 0.2) is 30.3 Å². The van der Waals surface area contributed by atoms with Crippen molar-refractivity contribution in [1.29, 1.82) is 0 Å². The first-order chi connectivity index (χ1) is 9.56. The van der Waals surface area contributed by atoms with E-state index in [1.54, 1.807) is 24.3 Å². The molecule has 0 aliphatic carbocycles. The summed E-state index contributed by atoms with van der Waals surface area (Å²) in [4.78, 5) is 4.24. The van der Waals surface area contributed by atoms with Crippen LogP contribution >= 0.6 is 23.2 Å². The number of nitrogens with zero attached hydrogens (tertiary/aromatic N) is 3. The third-order valence-corrected chi connectivity index (χ3v) is 3.74. The lowest BCUT2D eigenvalue weighted by atomic mass is 10.1. The number of hydrogen-bond donors (Lipinski definition) is 0. The summed E-state index contributed by atoms with van der Waals surface area (Å²) in [6, 6.07) is 8.29. The topological polar surface area (TPSA) is 30.2 Å². The van der Waals surface area contributed by atoms with Crippen LogP contribution in [-0.4, -0.2) is 14.6 Å². The summed E-state index contributed by atoms with van der Waals surface area (Å²) in [6.07, 6.45) is 0.270. The second-order valence-corrected chi connectivity index (χ2v) is 5.21. The van der Waals surface area contributed by atoms with Crippen molar-refractivity contribution in [3.63, 3.8) is 0 Å². The van der Waals surface area contributed by atoms with Crippen LogP contribution in [0, 0.1) is 12.7 Å². The Morgan fingerprint density at radius 2 is 2.00 bits per heavy atom.